The van der Waals surface area contributed by atoms with Gasteiger partial charge in [0.05, 0.1) is 12.1 Å². The number of rotatable bonds is 5. The molecule has 0 fully saturated rings. The van der Waals surface area contributed by atoms with Crippen molar-refractivity contribution in [1.29, 1.82) is 0 Å². The third-order valence-electron chi connectivity index (χ3n) is 2.01. The summed E-state index contributed by atoms with van der Waals surface area (Å²) in [6.07, 6.45) is 0.292. The largest absolute Gasteiger partial charge is 0.444 e. The van der Waals surface area contributed by atoms with Crippen LogP contribution in [0.2, 0.25) is 0 Å². The summed E-state index contributed by atoms with van der Waals surface area (Å²) in [6.45, 7) is 7.48. The number of carbonyl (C=O) groups excluding carboxylic acids is 1. The fraction of sp³-hybridized carbons (Fsp3) is 0.909. The molecular formula is C11H24N2O3. The van der Waals surface area contributed by atoms with Crippen LogP contribution in [0.25, 0.3) is 0 Å². The van der Waals surface area contributed by atoms with Gasteiger partial charge in [0.2, 0.25) is 0 Å². The number of hydrogen-bond acceptors (Lipinski definition) is 4. The van der Waals surface area contributed by atoms with Crippen molar-refractivity contribution in [3.63, 3.8) is 0 Å². The van der Waals surface area contributed by atoms with Gasteiger partial charge in [-0.1, -0.05) is 13.3 Å². The third kappa shape index (κ3) is 6.63. The number of hydrogen-bond donors (Lipinski definition) is 3. The van der Waals surface area contributed by atoms with Crippen LogP contribution in [0.15, 0.2) is 0 Å². The lowest BCUT2D eigenvalue weighted by molar-refractivity contribution is 0.0422. The van der Waals surface area contributed by atoms with Crippen molar-refractivity contribution >= 4 is 6.09 Å². The lowest BCUT2D eigenvalue weighted by atomic mass is 10.1. The fourth-order valence-electron chi connectivity index (χ4n) is 1.29. The summed E-state index contributed by atoms with van der Waals surface area (Å²) in [4.78, 5) is 11.5. The van der Waals surface area contributed by atoms with Crippen molar-refractivity contribution in [2.45, 2.75) is 58.3 Å². The van der Waals surface area contributed by atoms with E-state index in [4.69, 9.17) is 10.5 Å². The number of nitrogens with two attached hydrogens (primary N) is 1. The van der Waals surface area contributed by atoms with E-state index in [-0.39, 0.29) is 12.6 Å². The van der Waals surface area contributed by atoms with Crippen molar-refractivity contribution in [3.8, 4) is 0 Å². The Morgan fingerprint density at radius 1 is 1.50 bits per heavy atom. The van der Waals surface area contributed by atoms with E-state index < -0.39 is 17.8 Å². The van der Waals surface area contributed by atoms with Crippen LogP contribution in [0.4, 0.5) is 4.79 Å². The molecule has 1 amide bonds. The highest BCUT2D eigenvalue weighted by atomic mass is 16.6. The molecule has 0 saturated heterocycles. The van der Waals surface area contributed by atoms with Gasteiger partial charge in [-0.25, -0.2) is 4.79 Å². The summed E-state index contributed by atoms with van der Waals surface area (Å²) in [5.41, 5.74) is 4.83. The van der Waals surface area contributed by atoms with Gasteiger partial charge in [-0.2, -0.15) is 0 Å². The number of aliphatic hydroxyl groups is 1. The van der Waals surface area contributed by atoms with Crippen LogP contribution in [0.3, 0.4) is 0 Å². The molecule has 2 unspecified atom stereocenters. The van der Waals surface area contributed by atoms with E-state index in [9.17, 15) is 9.90 Å². The lowest BCUT2D eigenvalue weighted by Crippen LogP contribution is -2.47. The normalized spacial score (nSPS) is 15.4. The van der Waals surface area contributed by atoms with Gasteiger partial charge in [-0.15, -0.1) is 0 Å². The molecule has 0 rings (SSSR count). The first-order valence-corrected chi connectivity index (χ1v) is 5.67. The second-order valence-corrected chi connectivity index (χ2v) is 4.84. The van der Waals surface area contributed by atoms with Crippen molar-refractivity contribution in [1.82, 2.24) is 5.32 Å². The average molecular weight is 232 g/mol. The molecule has 5 nitrogen and oxygen atoms in total. The minimum absolute atomic E-state index is 0.125. The molecule has 0 saturated carbocycles. The molecule has 0 spiro atoms. The minimum Gasteiger partial charge on any atom is -0.444 e. The maximum atomic E-state index is 11.5. The predicted octanol–water partition coefficient (Wildman–Crippen LogP) is 0.999. The van der Waals surface area contributed by atoms with Crippen molar-refractivity contribution in [2.75, 3.05) is 6.54 Å². The summed E-state index contributed by atoms with van der Waals surface area (Å²) in [5, 5.41) is 12.2. The highest BCUT2D eigenvalue weighted by Gasteiger charge is 2.22. The first kappa shape index (κ1) is 15.2. The lowest BCUT2D eigenvalue weighted by Gasteiger charge is -2.25. The Balaban J connectivity index is 4.23. The van der Waals surface area contributed by atoms with E-state index in [0.29, 0.717) is 6.42 Å². The molecule has 0 aromatic heterocycles. The van der Waals surface area contributed by atoms with Gasteiger partial charge >= 0.3 is 6.09 Å². The Labute approximate surface area is 97.3 Å². The Morgan fingerprint density at radius 2 is 2.06 bits per heavy atom. The summed E-state index contributed by atoms with van der Waals surface area (Å²) < 4.78 is 5.11. The molecule has 4 N–H and O–H groups in total. The number of aliphatic hydroxyl groups excluding tert-OH is 1. The van der Waals surface area contributed by atoms with Crippen LogP contribution in [0, 0.1) is 0 Å². The molecule has 0 heterocycles. The molecule has 96 valence electrons. The molecule has 0 radical (unpaired) electrons. The van der Waals surface area contributed by atoms with Gasteiger partial charge in [0.15, 0.2) is 0 Å². The van der Waals surface area contributed by atoms with Gasteiger partial charge in [-0.3, -0.25) is 0 Å². The van der Waals surface area contributed by atoms with Crippen LogP contribution in [-0.2, 0) is 4.74 Å². The second-order valence-electron chi connectivity index (χ2n) is 4.84. The van der Waals surface area contributed by atoms with Crippen molar-refractivity contribution in [3.05, 3.63) is 0 Å². The zero-order valence-corrected chi connectivity index (χ0v) is 10.6. The standard InChI is InChI=1S/C11H24N2O3/c1-5-6-8(9(14)7-12)13-10(15)16-11(2,3)4/h8-9,14H,5-7,12H2,1-4H3,(H,13,15). The molecule has 16 heavy (non-hydrogen) atoms. The van der Waals surface area contributed by atoms with Gasteiger partial charge in [0.25, 0.3) is 0 Å². The number of amides is 1. The highest BCUT2D eigenvalue weighted by Crippen LogP contribution is 2.08. The van der Waals surface area contributed by atoms with Gasteiger partial charge in [0.1, 0.15) is 5.60 Å². The number of nitrogens with one attached hydrogen (secondary N) is 1. The van der Waals surface area contributed by atoms with Crippen LogP contribution in [0.1, 0.15) is 40.5 Å². The van der Waals surface area contributed by atoms with Crippen LogP contribution < -0.4 is 11.1 Å². The van der Waals surface area contributed by atoms with E-state index in [1.807, 2.05) is 6.92 Å². The number of alkyl carbamates (subject to hydrolysis) is 1. The molecule has 5 heteroatoms. The number of ether oxygens (including phenoxy) is 1. The molecule has 0 aliphatic carbocycles. The SMILES string of the molecule is CCCC(NC(=O)OC(C)(C)C)C(O)CN. The Bertz CT molecular complexity index is 214. The topological polar surface area (TPSA) is 84.6 Å². The monoisotopic (exact) mass is 232 g/mol. The maximum absolute atomic E-state index is 11.5. The van der Waals surface area contributed by atoms with Crippen LogP contribution >= 0.6 is 0 Å². The fourth-order valence-corrected chi connectivity index (χ4v) is 1.29. The van der Waals surface area contributed by atoms with E-state index >= 15 is 0 Å². The van der Waals surface area contributed by atoms with Crippen molar-refractivity contribution in [2.24, 2.45) is 5.73 Å². The molecule has 2 atom stereocenters. The molecule has 0 aromatic carbocycles. The van der Waals surface area contributed by atoms with E-state index in [0.717, 1.165) is 6.42 Å². The predicted molar refractivity (Wildman–Crippen MR) is 63.1 cm³/mol. The summed E-state index contributed by atoms with van der Waals surface area (Å²) in [7, 11) is 0. The smallest absolute Gasteiger partial charge is 0.407 e. The third-order valence-corrected chi connectivity index (χ3v) is 2.01. The van der Waals surface area contributed by atoms with E-state index in [2.05, 4.69) is 5.32 Å². The Morgan fingerprint density at radius 3 is 2.44 bits per heavy atom. The van der Waals surface area contributed by atoms with E-state index in [1.54, 1.807) is 20.8 Å². The van der Waals surface area contributed by atoms with Crippen LogP contribution in [0.5, 0.6) is 0 Å². The highest BCUT2D eigenvalue weighted by molar-refractivity contribution is 5.68. The summed E-state index contributed by atoms with van der Waals surface area (Å²) >= 11 is 0. The first-order valence-electron chi connectivity index (χ1n) is 5.67. The second kappa shape index (κ2) is 6.70. The van der Waals surface area contributed by atoms with Gasteiger partial charge in [-0.05, 0) is 27.2 Å². The number of carbonyl (C=O) groups is 1. The summed E-state index contributed by atoms with van der Waals surface area (Å²) in [5.74, 6) is 0. The molecule has 0 aliphatic heterocycles. The molecule has 0 aliphatic rings. The van der Waals surface area contributed by atoms with Crippen LogP contribution in [-0.4, -0.2) is 35.5 Å². The zero-order chi connectivity index (χ0) is 12.8. The van der Waals surface area contributed by atoms with Crippen molar-refractivity contribution < 1.29 is 14.6 Å². The van der Waals surface area contributed by atoms with Gasteiger partial charge < -0.3 is 20.9 Å². The molecule has 0 bridgehead atoms. The average Bonchev–Trinajstić information content (AvgIpc) is 2.13. The molecule has 0 aromatic rings. The maximum Gasteiger partial charge on any atom is 0.407 e. The molecular weight excluding hydrogens is 208 g/mol. The summed E-state index contributed by atoms with van der Waals surface area (Å²) in [6, 6.07) is -0.343. The Kier molecular flexibility index (Phi) is 6.36. The first-order chi connectivity index (χ1) is 7.30. The minimum atomic E-state index is -0.729. The van der Waals surface area contributed by atoms with E-state index in [1.165, 1.54) is 0 Å². The van der Waals surface area contributed by atoms with Gasteiger partial charge in [0, 0.05) is 6.54 Å². The quantitative estimate of drug-likeness (QED) is 0.660. The Hall–Kier alpha value is -0.810. The zero-order valence-electron chi connectivity index (χ0n) is 10.6.